The van der Waals surface area contributed by atoms with Gasteiger partial charge in [0.1, 0.15) is 12.1 Å². The third-order valence-electron chi connectivity index (χ3n) is 4.66. The highest BCUT2D eigenvalue weighted by Gasteiger charge is 2.30. The number of carbonyl (C=O) groups is 1. The Kier molecular flexibility index (Phi) is 5.66. The minimum absolute atomic E-state index is 0.121. The maximum absolute atomic E-state index is 12.7. The van der Waals surface area contributed by atoms with Gasteiger partial charge in [-0.05, 0) is 62.2 Å². The molecule has 0 radical (unpaired) electrons. The zero-order chi connectivity index (χ0) is 23.0. The van der Waals surface area contributed by atoms with Crippen molar-refractivity contribution in [3.63, 3.8) is 0 Å². The Morgan fingerprint density at radius 1 is 1.13 bits per heavy atom. The number of hydrogen-bond acceptors (Lipinski definition) is 4. The minimum Gasteiger partial charge on any atom is -0.478 e. The van der Waals surface area contributed by atoms with E-state index < -0.39 is 29.0 Å². The van der Waals surface area contributed by atoms with Gasteiger partial charge in [-0.25, -0.2) is 18.8 Å². The fraction of sp³-hybridized carbons (Fsp3) is 0.286. The molecule has 1 N–H and O–H groups in total. The van der Waals surface area contributed by atoms with Gasteiger partial charge in [-0.1, -0.05) is 12.1 Å². The second-order valence-electron chi connectivity index (χ2n) is 7.50. The summed E-state index contributed by atoms with van der Waals surface area (Å²) in [5.74, 6) is -0.699. The number of aliphatic carboxylic acids is 1. The zero-order valence-corrected chi connectivity index (χ0v) is 17.0. The molecule has 2 aromatic carbocycles. The number of nitrogens with zero attached hydrogens (tertiary/aromatic N) is 3. The highest BCUT2D eigenvalue weighted by molar-refractivity contribution is 5.76. The molecular weight excluding hydrogens is 415 g/mol. The van der Waals surface area contributed by atoms with Gasteiger partial charge in [-0.3, -0.25) is 0 Å². The highest BCUT2D eigenvalue weighted by atomic mass is 19.4. The average Bonchev–Trinajstić information content (AvgIpc) is 3.03. The molecule has 0 amide bonds. The van der Waals surface area contributed by atoms with E-state index in [0.29, 0.717) is 11.3 Å². The maximum atomic E-state index is 12.7. The van der Waals surface area contributed by atoms with Gasteiger partial charge in [0, 0.05) is 0 Å². The van der Waals surface area contributed by atoms with Gasteiger partial charge in [0.2, 0.25) is 0 Å². The number of carboxylic acids is 1. The summed E-state index contributed by atoms with van der Waals surface area (Å²) in [6, 6.07) is 9.26. The Morgan fingerprint density at radius 3 is 2.32 bits per heavy atom. The summed E-state index contributed by atoms with van der Waals surface area (Å²) >= 11 is 0. The lowest BCUT2D eigenvalue weighted by atomic mass is 10.1. The number of carboxylic acid groups (broad SMARTS) is 1. The second-order valence-corrected chi connectivity index (χ2v) is 7.50. The third-order valence-corrected chi connectivity index (χ3v) is 4.66. The molecule has 3 rings (SSSR count). The lowest BCUT2D eigenvalue weighted by Gasteiger charge is -2.23. The molecule has 0 aliphatic rings. The van der Waals surface area contributed by atoms with Crippen LogP contribution in [0.25, 0.3) is 5.69 Å². The molecular formula is C21H20F3N3O4. The number of aryl methyl sites for hydroxylation is 1. The van der Waals surface area contributed by atoms with E-state index in [9.17, 15) is 27.9 Å². The maximum Gasteiger partial charge on any atom is 0.416 e. The van der Waals surface area contributed by atoms with Crippen LogP contribution >= 0.6 is 0 Å². The molecule has 0 atom stereocenters. The van der Waals surface area contributed by atoms with Crippen molar-refractivity contribution < 1.29 is 27.8 Å². The van der Waals surface area contributed by atoms with Crippen molar-refractivity contribution in [3.05, 3.63) is 76.0 Å². The quantitative estimate of drug-likeness (QED) is 0.639. The molecule has 31 heavy (non-hydrogen) atoms. The molecule has 1 heterocycles. The molecule has 0 fully saturated rings. The lowest BCUT2D eigenvalue weighted by Crippen LogP contribution is -2.38. The fourth-order valence-electron chi connectivity index (χ4n) is 2.85. The van der Waals surface area contributed by atoms with Crippen molar-refractivity contribution in [1.82, 2.24) is 14.3 Å². The summed E-state index contributed by atoms with van der Waals surface area (Å²) in [6.45, 7) is 4.75. The normalized spacial score (nSPS) is 12.1. The van der Waals surface area contributed by atoms with Crippen molar-refractivity contribution in [1.29, 1.82) is 0 Å². The molecule has 1 aromatic heterocycles. The first-order valence-corrected chi connectivity index (χ1v) is 9.22. The largest absolute Gasteiger partial charge is 0.478 e. The summed E-state index contributed by atoms with van der Waals surface area (Å²) in [5, 5.41) is 13.2. The Morgan fingerprint density at radius 2 is 1.77 bits per heavy atom. The van der Waals surface area contributed by atoms with Gasteiger partial charge < -0.3 is 9.84 Å². The van der Waals surface area contributed by atoms with E-state index in [-0.39, 0.29) is 12.2 Å². The van der Waals surface area contributed by atoms with Crippen LogP contribution in [-0.2, 0) is 17.5 Å². The van der Waals surface area contributed by atoms with Crippen LogP contribution in [-0.4, -0.2) is 31.0 Å². The zero-order valence-electron chi connectivity index (χ0n) is 17.0. The number of aromatic nitrogens is 3. The first kappa shape index (κ1) is 22.1. The van der Waals surface area contributed by atoms with Gasteiger partial charge in [0.15, 0.2) is 5.60 Å². The molecule has 7 nitrogen and oxygen atoms in total. The first-order chi connectivity index (χ1) is 14.4. The molecule has 0 aliphatic heterocycles. The van der Waals surface area contributed by atoms with Crippen LogP contribution in [0, 0.1) is 6.92 Å². The van der Waals surface area contributed by atoms with E-state index in [4.69, 9.17) is 4.74 Å². The fourth-order valence-corrected chi connectivity index (χ4v) is 2.85. The summed E-state index contributed by atoms with van der Waals surface area (Å²) < 4.78 is 46.0. The SMILES string of the molecule is Cc1cc(Cn2ncn(-c3ccc(C(F)(F)F)cc3)c2=O)ccc1OC(C)(C)C(=O)O. The summed E-state index contributed by atoms with van der Waals surface area (Å²) in [7, 11) is 0. The first-order valence-electron chi connectivity index (χ1n) is 9.22. The molecule has 164 valence electrons. The van der Waals surface area contributed by atoms with Crippen LogP contribution in [0.3, 0.4) is 0 Å². The van der Waals surface area contributed by atoms with Gasteiger partial charge in [0.05, 0.1) is 17.8 Å². The van der Waals surface area contributed by atoms with Gasteiger partial charge >= 0.3 is 17.8 Å². The van der Waals surface area contributed by atoms with Crippen LogP contribution in [0.1, 0.15) is 30.5 Å². The van der Waals surface area contributed by atoms with Gasteiger partial charge in [-0.15, -0.1) is 0 Å². The number of halogens is 3. The highest BCUT2D eigenvalue weighted by Crippen LogP contribution is 2.29. The van der Waals surface area contributed by atoms with E-state index >= 15 is 0 Å². The molecule has 10 heteroatoms. The summed E-state index contributed by atoms with van der Waals surface area (Å²) in [6.07, 6.45) is -3.22. The van der Waals surface area contributed by atoms with Gasteiger partial charge in [-0.2, -0.15) is 18.3 Å². The number of rotatable bonds is 6. The van der Waals surface area contributed by atoms with Crippen LogP contribution in [0.2, 0.25) is 0 Å². The second kappa shape index (κ2) is 7.93. The Bertz CT molecular complexity index is 1160. The van der Waals surface area contributed by atoms with Crippen molar-refractivity contribution in [2.24, 2.45) is 0 Å². The van der Waals surface area contributed by atoms with Crippen molar-refractivity contribution in [2.75, 3.05) is 0 Å². The van der Waals surface area contributed by atoms with E-state index in [1.807, 2.05) is 0 Å². The number of ether oxygens (including phenoxy) is 1. The topological polar surface area (TPSA) is 86.4 Å². The van der Waals surface area contributed by atoms with Crippen LogP contribution < -0.4 is 10.4 Å². The molecule has 0 unspecified atom stereocenters. The van der Waals surface area contributed by atoms with Crippen molar-refractivity contribution in [3.8, 4) is 11.4 Å². The molecule has 0 aliphatic carbocycles. The molecule has 3 aromatic rings. The average molecular weight is 435 g/mol. The Balaban J connectivity index is 1.80. The standard InChI is InChI=1S/C21H20F3N3O4/c1-13-10-14(4-9-17(13)31-20(2,3)18(28)29)11-27-19(30)26(12-25-27)16-7-5-15(6-8-16)21(22,23)24/h4-10,12H,11H2,1-3H3,(H,28,29). The Hall–Kier alpha value is -3.56. The lowest BCUT2D eigenvalue weighted by molar-refractivity contribution is -0.152. The number of hydrogen-bond donors (Lipinski definition) is 1. The van der Waals surface area contributed by atoms with E-state index in [1.54, 1.807) is 25.1 Å². The summed E-state index contributed by atoms with van der Waals surface area (Å²) in [4.78, 5) is 23.9. The van der Waals surface area contributed by atoms with Crippen LogP contribution in [0.15, 0.2) is 53.6 Å². The minimum atomic E-state index is -4.46. The smallest absolute Gasteiger partial charge is 0.416 e. The molecule has 0 spiro atoms. The van der Waals surface area contributed by atoms with E-state index in [0.717, 1.165) is 22.3 Å². The predicted molar refractivity (Wildman–Crippen MR) is 105 cm³/mol. The van der Waals surface area contributed by atoms with Crippen molar-refractivity contribution in [2.45, 2.75) is 39.1 Å². The monoisotopic (exact) mass is 435 g/mol. The van der Waals surface area contributed by atoms with E-state index in [2.05, 4.69) is 5.10 Å². The number of alkyl halides is 3. The van der Waals surface area contributed by atoms with E-state index in [1.165, 1.54) is 37.0 Å². The van der Waals surface area contributed by atoms with Gasteiger partial charge in [0.25, 0.3) is 0 Å². The van der Waals surface area contributed by atoms with Crippen LogP contribution in [0.5, 0.6) is 5.75 Å². The summed E-state index contributed by atoms with van der Waals surface area (Å²) in [5.41, 5.74) is -1.05. The van der Waals surface area contributed by atoms with Crippen LogP contribution in [0.4, 0.5) is 13.2 Å². The Labute approximate surface area is 175 Å². The molecule has 0 saturated heterocycles. The van der Waals surface area contributed by atoms with Crippen molar-refractivity contribution >= 4 is 5.97 Å². The molecule has 0 bridgehead atoms. The molecule has 0 saturated carbocycles. The third kappa shape index (κ3) is 4.79. The number of benzene rings is 2. The predicted octanol–water partition coefficient (Wildman–Crippen LogP) is 3.65.